The van der Waals surface area contributed by atoms with Gasteiger partial charge in [0.1, 0.15) is 11.6 Å². The van der Waals surface area contributed by atoms with Crippen LogP contribution in [0.4, 0.5) is 5.82 Å². The van der Waals surface area contributed by atoms with E-state index in [4.69, 9.17) is 20.1 Å². The highest BCUT2D eigenvalue weighted by Crippen LogP contribution is 2.36. The van der Waals surface area contributed by atoms with Gasteiger partial charge in [-0.3, -0.25) is 4.79 Å². The van der Waals surface area contributed by atoms with Gasteiger partial charge >= 0.3 is 0 Å². The van der Waals surface area contributed by atoms with Gasteiger partial charge in [0.15, 0.2) is 5.65 Å². The first-order valence-electron chi connectivity index (χ1n) is 13.0. The minimum atomic E-state index is -0.0450. The lowest BCUT2D eigenvalue weighted by Crippen LogP contribution is -2.39. The molecule has 2 aliphatic heterocycles. The summed E-state index contributed by atoms with van der Waals surface area (Å²) in [5.41, 5.74) is 6.22. The molecule has 36 heavy (non-hydrogen) atoms. The van der Waals surface area contributed by atoms with E-state index in [0.717, 1.165) is 80.9 Å². The van der Waals surface area contributed by atoms with Crippen molar-refractivity contribution in [1.82, 2.24) is 19.5 Å². The van der Waals surface area contributed by atoms with Gasteiger partial charge in [0.2, 0.25) is 0 Å². The van der Waals surface area contributed by atoms with E-state index in [-0.39, 0.29) is 11.9 Å². The zero-order valence-electron chi connectivity index (χ0n) is 21.2. The van der Waals surface area contributed by atoms with Crippen molar-refractivity contribution in [2.75, 3.05) is 31.6 Å². The molecule has 3 aliphatic rings. The summed E-state index contributed by atoms with van der Waals surface area (Å²) in [6.45, 7) is 8.48. The minimum absolute atomic E-state index is 0.0450. The number of benzene rings is 1. The molecule has 1 aromatic carbocycles. The highest BCUT2D eigenvalue weighted by atomic mass is 16.5. The molecule has 2 fully saturated rings. The fourth-order valence-corrected chi connectivity index (χ4v) is 6.01. The molecule has 8 nitrogen and oxygen atoms in total. The van der Waals surface area contributed by atoms with Crippen LogP contribution in [0.1, 0.15) is 77.3 Å². The maximum absolute atomic E-state index is 13.8. The Bertz CT molecular complexity index is 1290. The number of likely N-dealkylation sites (tertiary alicyclic amines) is 1. The lowest BCUT2D eigenvalue weighted by Gasteiger charge is -2.35. The van der Waals surface area contributed by atoms with Gasteiger partial charge < -0.3 is 14.5 Å². The second-order valence-electron chi connectivity index (χ2n) is 10.00. The Kier molecular flexibility index (Phi) is 6.82. The molecule has 1 amide bonds. The molecule has 0 bridgehead atoms. The number of carbonyl (C=O) groups is 1. The van der Waals surface area contributed by atoms with Crippen LogP contribution in [0.25, 0.3) is 5.65 Å². The van der Waals surface area contributed by atoms with Crippen LogP contribution in [0, 0.1) is 18.8 Å². The zero-order chi connectivity index (χ0) is 25.2. The smallest absolute Gasteiger partial charge is 0.258 e. The monoisotopic (exact) mass is 486 g/mol. The van der Waals surface area contributed by atoms with Crippen LogP contribution in [0.15, 0.2) is 24.4 Å². The summed E-state index contributed by atoms with van der Waals surface area (Å²) in [4.78, 5) is 23.2. The van der Waals surface area contributed by atoms with Gasteiger partial charge in [-0.25, -0.2) is 14.8 Å². The first kappa shape index (κ1) is 24.1. The highest BCUT2D eigenvalue weighted by Gasteiger charge is 2.33. The van der Waals surface area contributed by atoms with Crippen molar-refractivity contribution >= 4 is 17.4 Å². The average molecular weight is 487 g/mol. The van der Waals surface area contributed by atoms with Crippen molar-refractivity contribution in [3.63, 3.8) is 0 Å². The van der Waals surface area contributed by atoms with E-state index >= 15 is 0 Å². The van der Waals surface area contributed by atoms with Gasteiger partial charge in [-0.15, -0.1) is 0 Å². The number of aromatic nitrogens is 3. The van der Waals surface area contributed by atoms with Gasteiger partial charge in [-0.05, 0) is 81.5 Å². The van der Waals surface area contributed by atoms with E-state index in [1.807, 2.05) is 9.42 Å². The highest BCUT2D eigenvalue weighted by molar-refractivity contribution is 5.97. The zero-order valence-corrected chi connectivity index (χ0v) is 21.2. The fourth-order valence-electron chi connectivity index (χ4n) is 6.01. The molecule has 4 heterocycles. The van der Waals surface area contributed by atoms with Crippen LogP contribution < -0.4 is 9.64 Å². The summed E-state index contributed by atoms with van der Waals surface area (Å²) >= 11 is 0. The van der Waals surface area contributed by atoms with Gasteiger partial charge in [0.05, 0.1) is 24.4 Å². The number of nitrogens with zero attached hydrogens (tertiary/aromatic N) is 6. The lowest BCUT2D eigenvalue weighted by atomic mass is 9.97. The van der Waals surface area contributed by atoms with Crippen molar-refractivity contribution in [3.05, 3.63) is 52.3 Å². The number of amides is 1. The summed E-state index contributed by atoms with van der Waals surface area (Å²) in [7, 11) is 1.66. The molecule has 0 radical (unpaired) electrons. The summed E-state index contributed by atoms with van der Waals surface area (Å²) in [5.74, 6) is 1.81. The number of hydrogen-bond acceptors (Lipinski definition) is 6. The molecule has 1 atom stereocenters. The number of piperidine rings is 1. The Balaban J connectivity index is 0.00000130. The quantitative estimate of drug-likeness (QED) is 0.534. The molecule has 188 valence electrons. The Morgan fingerprint density at radius 2 is 1.75 bits per heavy atom. The lowest BCUT2D eigenvalue weighted by molar-refractivity contribution is 0.0602. The molecule has 0 spiro atoms. The van der Waals surface area contributed by atoms with Crippen LogP contribution in [0.3, 0.4) is 0 Å². The first-order valence-corrected chi connectivity index (χ1v) is 13.0. The third kappa shape index (κ3) is 4.27. The molecule has 1 unspecified atom stereocenters. The van der Waals surface area contributed by atoms with E-state index in [1.54, 1.807) is 7.11 Å². The summed E-state index contributed by atoms with van der Waals surface area (Å²) < 4.78 is 7.55. The van der Waals surface area contributed by atoms with Crippen molar-refractivity contribution in [2.45, 2.75) is 64.3 Å². The van der Waals surface area contributed by atoms with Crippen molar-refractivity contribution in [3.8, 4) is 12.3 Å². The number of nitriles is 1. The van der Waals surface area contributed by atoms with Gasteiger partial charge in [0, 0.05) is 44.0 Å². The Morgan fingerprint density at radius 3 is 2.50 bits per heavy atom. The number of aryl methyl sites for hydroxylation is 3. The van der Waals surface area contributed by atoms with Gasteiger partial charge in [0.25, 0.3) is 5.91 Å². The van der Waals surface area contributed by atoms with Gasteiger partial charge in [-0.2, -0.15) is 5.10 Å². The fraction of sp³-hybridized carbons (Fsp3) is 0.500. The topological polar surface area (TPSA) is 86.8 Å². The number of ether oxygens (including phenoxy) is 1. The molecule has 0 saturated carbocycles. The van der Waals surface area contributed by atoms with Crippen LogP contribution in [-0.4, -0.2) is 52.1 Å². The van der Waals surface area contributed by atoms with Gasteiger partial charge in [-0.1, -0.05) is 0 Å². The maximum atomic E-state index is 13.8. The summed E-state index contributed by atoms with van der Waals surface area (Å²) in [6.07, 6.45) is 10.8. The third-order valence-electron chi connectivity index (χ3n) is 7.78. The van der Waals surface area contributed by atoms with Crippen molar-refractivity contribution < 1.29 is 9.53 Å². The standard InChI is InChI=1S/C27H33N5O2.CHN/c1-18-17-32-25(28-26(18)30-11-5-6-12-30)16-22(29-32)23-10-3-4-13-31(23)27(33)21-14-19-8-7-9-20(19)15-24(21)34-2;1-2/h14-17,23H,3-13H2,1-2H3;1H. The van der Waals surface area contributed by atoms with Crippen LogP contribution in [0.2, 0.25) is 0 Å². The average Bonchev–Trinajstić information content (AvgIpc) is 3.68. The number of hydrogen-bond donors (Lipinski definition) is 0. The molecule has 1 aliphatic carbocycles. The number of rotatable bonds is 4. The predicted octanol–water partition coefficient (Wildman–Crippen LogP) is 4.64. The summed E-state index contributed by atoms with van der Waals surface area (Å²) in [6, 6.07) is 6.18. The van der Waals surface area contributed by atoms with E-state index in [9.17, 15) is 4.79 Å². The van der Waals surface area contributed by atoms with Crippen molar-refractivity contribution in [2.24, 2.45) is 0 Å². The Morgan fingerprint density at radius 1 is 1.03 bits per heavy atom. The van der Waals surface area contributed by atoms with E-state index in [0.29, 0.717) is 11.3 Å². The first-order chi connectivity index (χ1) is 17.6. The minimum Gasteiger partial charge on any atom is -0.496 e. The molecule has 8 heteroatoms. The van der Waals surface area contributed by atoms with E-state index in [2.05, 4.69) is 42.8 Å². The van der Waals surface area contributed by atoms with Crippen LogP contribution in [0.5, 0.6) is 5.75 Å². The molecule has 6 rings (SSSR count). The van der Waals surface area contributed by atoms with Crippen LogP contribution in [-0.2, 0) is 12.8 Å². The second kappa shape index (κ2) is 10.2. The molecule has 2 saturated heterocycles. The summed E-state index contributed by atoms with van der Waals surface area (Å²) in [5, 5.41) is 11.4. The molecule has 2 aromatic heterocycles. The van der Waals surface area contributed by atoms with Crippen LogP contribution >= 0.6 is 0 Å². The second-order valence-corrected chi connectivity index (χ2v) is 10.00. The normalized spacial score (nSPS) is 19.2. The molecular formula is C28H34N6O2. The maximum Gasteiger partial charge on any atom is 0.258 e. The SMILES string of the molecule is C#N.COc1cc2c(cc1C(=O)N1CCCCC1c1cc3nc(N4CCCC4)c(C)cn3n1)CCC2. The Labute approximate surface area is 212 Å². The number of anilines is 1. The molecule has 3 aromatic rings. The number of fused-ring (bicyclic) bond motifs is 2. The third-order valence-corrected chi connectivity index (χ3v) is 7.78. The predicted molar refractivity (Wildman–Crippen MR) is 138 cm³/mol. The largest absolute Gasteiger partial charge is 0.496 e. The molecule has 0 N–H and O–H groups in total. The van der Waals surface area contributed by atoms with E-state index in [1.165, 1.54) is 24.0 Å². The Hall–Kier alpha value is -3.60. The van der Waals surface area contributed by atoms with Crippen molar-refractivity contribution in [1.29, 1.82) is 5.26 Å². The van der Waals surface area contributed by atoms with E-state index < -0.39 is 0 Å². The molecular weight excluding hydrogens is 452 g/mol. The number of methoxy groups -OCH3 is 1. The number of carbonyl (C=O) groups excluding carboxylic acids is 1.